The van der Waals surface area contributed by atoms with Crippen molar-refractivity contribution in [2.75, 3.05) is 26.2 Å². The first kappa shape index (κ1) is 19.9. The highest BCUT2D eigenvalue weighted by atomic mass is 16.5. The summed E-state index contributed by atoms with van der Waals surface area (Å²) in [6.45, 7) is 7.33. The average Bonchev–Trinajstić information content (AvgIpc) is 2.67. The van der Waals surface area contributed by atoms with E-state index in [1.807, 2.05) is 30.3 Å². The van der Waals surface area contributed by atoms with Crippen molar-refractivity contribution in [1.29, 1.82) is 0 Å². The van der Waals surface area contributed by atoms with Crippen molar-refractivity contribution in [2.24, 2.45) is 0 Å². The summed E-state index contributed by atoms with van der Waals surface area (Å²) in [5, 5.41) is 3.11. The first-order valence-electron chi connectivity index (χ1n) is 9.94. The van der Waals surface area contributed by atoms with Crippen LogP contribution in [0, 0.1) is 0 Å². The normalized spacial score (nSPS) is 16.8. The van der Waals surface area contributed by atoms with E-state index >= 15 is 0 Å². The number of likely N-dealkylation sites (N-methyl/N-ethyl adjacent to an activating group) is 1. The fourth-order valence-corrected chi connectivity index (χ4v) is 3.61. The van der Waals surface area contributed by atoms with Gasteiger partial charge < -0.3 is 10.1 Å². The lowest BCUT2D eigenvalue weighted by Crippen LogP contribution is -2.41. The molecule has 1 aromatic rings. The standard InChI is InChI=1S/C21H34N2O2/c1-3-23(4-2)20(18-12-7-5-8-13-18)21(24)22-16-11-17-25-19-14-9-6-10-15-19/h5,7-8,12-13,19-20H,3-4,6,9-11,14-17H2,1-2H3,(H,22,24). The van der Waals surface area contributed by atoms with Gasteiger partial charge in [0.2, 0.25) is 5.91 Å². The first-order valence-corrected chi connectivity index (χ1v) is 9.94. The lowest BCUT2D eigenvalue weighted by molar-refractivity contribution is -0.126. The van der Waals surface area contributed by atoms with E-state index in [4.69, 9.17) is 4.74 Å². The molecule has 0 aromatic heterocycles. The number of nitrogens with zero attached hydrogens (tertiary/aromatic N) is 1. The lowest BCUT2D eigenvalue weighted by atomic mass is 9.98. The Morgan fingerprint density at radius 1 is 1.16 bits per heavy atom. The predicted octanol–water partition coefficient (Wildman–Crippen LogP) is 3.93. The van der Waals surface area contributed by atoms with Crippen LogP contribution in [0.4, 0.5) is 0 Å². The van der Waals surface area contributed by atoms with Crippen molar-refractivity contribution in [1.82, 2.24) is 10.2 Å². The van der Waals surface area contributed by atoms with Crippen LogP contribution in [0.25, 0.3) is 0 Å². The fraction of sp³-hybridized carbons (Fsp3) is 0.667. The van der Waals surface area contributed by atoms with Crippen LogP contribution in [0.1, 0.15) is 64.0 Å². The zero-order chi connectivity index (χ0) is 17.9. The van der Waals surface area contributed by atoms with Crippen LogP contribution < -0.4 is 5.32 Å². The van der Waals surface area contributed by atoms with Gasteiger partial charge in [-0.2, -0.15) is 0 Å². The molecule has 0 saturated heterocycles. The second-order valence-corrected chi connectivity index (χ2v) is 6.81. The van der Waals surface area contributed by atoms with Crippen molar-refractivity contribution < 1.29 is 9.53 Å². The zero-order valence-corrected chi connectivity index (χ0v) is 15.9. The molecule has 0 bridgehead atoms. The third-order valence-electron chi connectivity index (χ3n) is 5.07. The molecule has 0 radical (unpaired) electrons. The third kappa shape index (κ3) is 6.44. The quantitative estimate of drug-likeness (QED) is 0.653. The summed E-state index contributed by atoms with van der Waals surface area (Å²) in [5.41, 5.74) is 1.06. The Morgan fingerprint density at radius 2 is 1.84 bits per heavy atom. The first-order chi connectivity index (χ1) is 12.3. The second-order valence-electron chi connectivity index (χ2n) is 6.81. The maximum Gasteiger partial charge on any atom is 0.241 e. The molecule has 4 nitrogen and oxygen atoms in total. The van der Waals surface area contributed by atoms with Gasteiger partial charge in [-0.05, 0) is 37.9 Å². The number of hydrogen-bond donors (Lipinski definition) is 1. The summed E-state index contributed by atoms with van der Waals surface area (Å²) in [6, 6.07) is 9.84. The van der Waals surface area contributed by atoms with Crippen molar-refractivity contribution in [3.8, 4) is 0 Å². The maximum atomic E-state index is 12.8. The molecule has 1 aromatic carbocycles. The Kier molecular flexibility index (Phi) is 8.98. The number of carbonyl (C=O) groups excluding carboxylic acids is 1. The van der Waals surface area contributed by atoms with Gasteiger partial charge in [0.25, 0.3) is 0 Å². The molecule has 140 valence electrons. The molecule has 1 aliphatic carbocycles. The van der Waals surface area contributed by atoms with Crippen LogP contribution in [-0.2, 0) is 9.53 Å². The minimum absolute atomic E-state index is 0.0903. The summed E-state index contributed by atoms with van der Waals surface area (Å²) < 4.78 is 5.94. The van der Waals surface area contributed by atoms with Gasteiger partial charge in [0, 0.05) is 13.2 Å². The number of carbonyl (C=O) groups is 1. The van der Waals surface area contributed by atoms with Crippen LogP contribution in [0.15, 0.2) is 30.3 Å². The molecular weight excluding hydrogens is 312 g/mol. The van der Waals surface area contributed by atoms with Gasteiger partial charge in [0.05, 0.1) is 6.10 Å². The molecule has 1 unspecified atom stereocenters. The molecule has 2 rings (SSSR count). The number of ether oxygens (including phenoxy) is 1. The predicted molar refractivity (Wildman–Crippen MR) is 103 cm³/mol. The molecule has 1 atom stereocenters. The van der Waals surface area contributed by atoms with Gasteiger partial charge in [0.1, 0.15) is 6.04 Å². The van der Waals surface area contributed by atoms with E-state index in [1.54, 1.807) is 0 Å². The van der Waals surface area contributed by atoms with Gasteiger partial charge in [-0.1, -0.05) is 63.4 Å². The van der Waals surface area contributed by atoms with E-state index in [2.05, 4.69) is 24.1 Å². The molecule has 4 heteroatoms. The minimum Gasteiger partial charge on any atom is -0.378 e. The smallest absolute Gasteiger partial charge is 0.241 e. The van der Waals surface area contributed by atoms with Crippen molar-refractivity contribution in [3.05, 3.63) is 35.9 Å². The average molecular weight is 347 g/mol. The number of hydrogen-bond acceptors (Lipinski definition) is 3. The largest absolute Gasteiger partial charge is 0.378 e. The highest BCUT2D eigenvalue weighted by molar-refractivity contribution is 5.83. The molecule has 1 amide bonds. The molecule has 1 saturated carbocycles. The number of nitrogens with one attached hydrogen (secondary N) is 1. The lowest BCUT2D eigenvalue weighted by Gasteiger charge is -2.29. The van der Waals surface area contributed by atoms with Crippen LogP contribution in [0.5, 0.6) is 0 Å². The summed E-state index contributed by atoms with van der Waals surface area (Å²) in [6.07, 6.45) is 7.66. The Labute approximate surface area is 152 Å². The Hall–Kier alpha value is -1.39. The molecule has 1 N–H and O–H groups in total. The molecule has 0 aliphatic heterocycles. The molecular formula is C21H34N2O2. The van der Waals surface area contributed by atoms with E-state index < -0.39 is 0 Å². The highest BCUT2D eigenvalue weighted by Gasteiger charge is 2.25. The Morgan fingerprint density at radius 3 is 2.48 bits per heavy atom. The molecule has 1 fully saturated rings. The van der Waals surface area contributed by atoms with E-state index in [0.717, 1.165) is 31.7 Å². The molecule has 0 heterocycles. The molecule has 1 aliphatic rings. The number of amides is 1. The summed E-state index contributed by atoms with van der Waals surface area (Å²) >= 11 is 0. The molecule has 0 spiro atoms. The second kappa shape index (κ2) is 11.3. The summed E-state index contributed by atoms with van der Waals surface area (Å²) in [5.74, 6) is 0.0903. The zero-order valence-electron chi connectivity index (χ0n) is 15.9. The van der Waals surface area contributed by atoms with Crippen molar-refractivity contribution in [2.45, 2.75) is 64.5 Å². The van der Waals surface area contributed by atoms with Gasteiger partial charge in [-0.15, -0.1) is 0 Å². The van der Waals surface area contributed by atoms with Gasteiger partial charge in [-0.25, -0.2) is 0 Å². The minimum atomic E-state index is -0.213. The fourth-order valence-electron chi connectivity index (χ4n) is 3.61. The van der Waals surface area contributed by atoms with Crippen LogP contribution in [0.2, 0.25) is 0 Å². The van der Waals surface area contributed by atoms with E-state index in [-0.39, 0.29) is 11.9 Å². The SMILES string of the molecule is CCN(CC)C(C(=O)NCCCOC1CCCCC1)c1ccccc1. The highest BCUT2D eigenvalue weighted by Crippen LogP contribution is 2.21. The van der Waals surface area contributed by atoms with Crippen molar-refractivity contribution >= 4 is 5.91 Å². The van der Waals surface area contributed by atoms with E-state index in [0.29, 0.717) is 12.6 Å². The van der Waals surface area contributed by atoms with Crippen LogP contribution >= 0.6 is 0 Å². The van der Waals surface area contributed by atoms with E-state index in [9.17, 15) is 4.79 Å². The summed E-state index contributed by atoms with van der Waals surface area (Å²) in [7, 11) is 0. The third-order valence-corrected chi connectivity index (χ3v) is 5.07. The van der Waals surface area contributed by atoms with Crippen LogP contribution in [0.3, 0.4) is 0 Å². The topological polar surface area (TPSA) is 41.6 Å². The Balaban J connectivity index is 1.78. The molecule has 25 heavy (non-hydrogen) atoms. The van der Waals surface area contributed by atoms with Crippen LogP contribution in [-0.4, -0.2) is 43.2 Å². The van der Waals surface area contributed by atoms with Gasteiger partial charge >= 0.3 is 0 Å². The number of rotatable bonds is 10. The van der Waals surface area contributed by atoms with Gasteiger partial charge in [-0.3, -0.25) is 9.69 Å². The monoisotopic (exact) mass is 346 g/mol. The van der Waals surface area contributed by atoms with Crippen molar-refractivity contribution in [3.63, 3.8) is 0 Å². The number of benzene rings is 1. The Bertz CT molecular complexity index is 482. The van der Waals surface area contributed by atoms with Gasteiger partial charge in [0.15, 0.2) is 0 Å². The van der Waals surface area contributed by atoms with E-state index in [1.165, 1.54) is 32.1 Å². The maximum absolute atomic E-state index is 12.8. The summed E-state index contributed by atoms with van der Waals surface area (Å²) in [4.78, 5) is 15.0.